The van der Waals surface area contributed by atoms with Crippen molar-refractivity contribution in [1.82, 2.24) is 19.4 Å². The van der Waals surface area contributed by atoms with Crippen LogP contribution in [0.4, 0.5) is 0 Å². The lowest BCUT2D eigenvalue weighted by molar-refractivity contribution is -0.134. The van der Waals surface area contributed by atoms with Crippen LogP contribution >= 0.6 is 0 Å². The van der Waals surface area contributed by atoms with E-state index in [1.54, 1.807) is 6.07 Å². The highest BCUT2D eigenvalue weighted by Crippen LogP contribution is 2.26. The van der Waals surface area contributed by atoms with E-state index in [2.05, 4.69) is 11.8 Å². The molecule has 6 nitrogen and oxygen atoms in total. The lowest BCUT2D eigenvalue weighted by atomic mass is 9.94. The van der Waals surface area contributed by atoms with E-state index >= 15 is 0 Å². The second kappa shape index (κ2) is 8.76. The maximum atomic E-state index is 12.7. The molecule has 2 saturated heterocycles. The van der Waals surface area contributed by atoms with Gasteiger partial charge < -0.3 is 4.90 Å². The molecular formula is C22H34N4O2. The molecule has 0 aliphatic carbocycles. The Bertz CT molecular complexity index is 751. The molecule has 1 amide bonds. The Balaban J connectivity index is 1.41. The number of nitrogens with zero attached hydrogens (tertiary/aromatic N) is 4. The van der Waals surface area contributed by atoms with Crippen LogP contribution in [-0.2, 0) is 17.8 Å². The van der Waals surface area contributed by atoms with Gasteiger partial charge in [0.05, 0.1) is 12.2 Å². The summed E-state index contributed by atoms with van der Waals surface area (Å²) in [6, 6.07) is 1.76. The van der Waals surface area contributed by atoms with Crippen LogP contribution in [0.25, 0.3) is 0 Å². The van der Waals surface area contributed by atoms with Gasteiger partial charge in [0.25, 0.3) is 5.56 Å². The maximum Gasteiger partial charge on any atom is 0.253 e. The minimum Gasteiger partial charge on any atom is -0.342 e. The standard InChI is InChI=1S/C22H34N4O2/c1-17-8-12-25(13-9-17)22(28)16-24-10-5-6-18(15-24)19-14-21(27)26-11-4-2-3-7-20(26)23-19/h14,17-18H,2-13,15-16H2,1H3/t18-/m0/s1. The minimum atomic E-state index is 0.109. The van der Waals surface area contributed by atoms with Gasteiger partial charge in [-0.05, 0) is 51.0 Å². The fourth-order valence-electron chi connectivity index (χ4n) is 4.93. The molecule has 0 spiro atoms. The predicted octanol–water partition coefficient (Wildman–Crippen LogP) is 2.41. The summed E-state index contributed by atoms with van der Waals surface area (Å²) >= 11 is 0. The summed E-state index contributed by atoms with van der Waals surface area (Å²) < 4.78 is 1.87. The zero-order valence-electron chi connectivity index (χ0n) is 17.2. The Morgan fingerprint density at radius 3 is 2.71 bits per heavy atom. The number of rotatable bonds is 3. The molecule has 28 heavy (non-hydrogen) atoms. The summed E-state index contributed by atoms with van der Waals surface area (Å²) in [5.74, 6) is 2.24. The van der Waals surface area contributed by atoms with Gasteiger partial charge in [0.2, 0.25) is 5.91 Å². The summed E-state index contributed by atoms with van der Waals surface area (Å²) in [5, 5.41) is 0. The van der Waals surface area contributed by atoms with Crippen LogP contribution in [0.1, 0.15) is 69.3 Å². The van der Waals surface area contributed by atoms with E-state index in [1.807, 2.05) is 9.47 Å². The molecule has 3 aliphatic rings. The largest absolute Gasteiger partial charge is 0.342 e. The molecule has 0 N–H and O–H groups in total. The summed E-state index contributed by atoms with van der Waals surface area (Å²) in [6.45, 7) is 7.20. The van der Waals surface area contributed by atoms with Crippen molar-refractivity contribution in [3.05, 3.63) is 27.9 Å². The first-order valence-electron chi connectivity index (χ1n) is 11.2. The van der Waals surface area contributed by atoms with Gasteiger partial charge in [-0.25, -0.2) is 4.98 Å². The van der Waals surface area contributed by atoms with Crippen molar-refractivity contribution in [2.24, 2.45) is 5.92 Å². The van der Waals surface area contributed by atoms with Gasteiger partial charge in [-0.1, -0.05) is 13.3 Å². The van der Waals surface area contributed by atoms with Gasteiger partial charge in [0.1, 0.15) is 5.82 Å². The number of hydrogen-bond donors (Lipinski definition) is 0. The van der Waals surface area contributed by atoms with E-state index in [0.29, 0.717) is 6.54 Å². The van der Waals surface area contributed by atoms with Crippen molar-refractivity contribution in [2.45, 2.75) is 70.8 Å². The van der Waals surface area contributed by atoms with E-state index in [9.17, 15) is 9.59 Å². The first kappa shape index (κ1) is 19.6. The number of fused-ring (bicyclic) bond motifs is 1. The SMILES string of the molecule is CC1CCN(C(=O)CN2CCC[C@H](c3cc(=O)n4c(n3)CCCCC4)C2)CC1. The molecular weight excluding hydrogens is 352 g/mol. The van der Waals surface area contributed by atoms with Crippen LogP contribution in [-0.4, -0.2) is 58.0 Å². The highest BCUT2D eigenvalue weighted by molar-refractivity contribution is 5.78. The normalized spacial score (nSPS) is 24.6. The topological polar surface area (TPSA) is 58.4 Å². The van der Waals surface area contributed by atoms with Crippen molar-refractivity contribution in [2.75, 3.05) is 32.7 Å². The quantitative estimate of drug-likeness (QED) is 0.800. The number of carbonyl (C=O) groups is 1. The third-order valence-electron chi connectivity index (χ3n) is 6.81. The molecule has 1 aromatic rings. The molecule has 6 heteroatoms. The molecule has 0 aromatic carbocycles. The Labute approximate surface area is 167 Å². The molecule has 1 atom stereocenters. The number of likely N-dealkylation sites (tertiary alicyclic amines) is 2. The highest BCUT2D eigenvalue weighted by atomic mass is 16.2. The van der Waals surface area contributed by atoms with Gasteiger partial charge in [-0.3, -0.25) is 19.1 Å². The van der Waals surface area contributed by atoms with E-state index in [1.165, 1.54) is 6.42 Å². The Hall–Kier alpha value is -1.69. The van der Waals surface area contributed by atoms with E-state index in [4.69, 9.17) is 4.98 Å². The fraction of sp³-hybridized carbons (Fsp3) is 0.773. The molecule has 0 saturated carbocycles. The van der Waals surface area contributed by atoms with Gasteiger partial charge in [0, 0.05) is 44.6 Å². The van der Waals surface area contributed by atoms with Crippen molar-refractivity contribution < 1.29 is 4.79 Å². The van der Waals surface area contributed by atoms with E-state index in [-0.39, 0.29) is 17.4 Å². The Kier molecular flexibility index (Phi) is 6.14. The lowest BCUT2D eigenvalue weighted by Gasteiger charge is -2.35. The Morgan fingerprint density at radius 1 is 1.07 bits per heavy atom. The maximum absolute atomic E-state index is 12.7. The Morgan fingerprint density at radius 2 is 1.89 bits per heavy atom. The fourth-order valence-corrected chi connectivity index (χ4v) is 4.93. The summed E-state index contributed by atoms with van der Waals surface area (Å²) in [7, 11) is 0. The summed E-state index contributed by atoms with van der Waals surface area (Å²) in [4.78, 5) is 34.6. The molecule has 154 valence electrons. The molecule has 0 radical (unpaired) electrons. The molecule has 4 heterocycles. The average Bonchev–Trinajstić information content (AvgIpc) is 2.94. The van der Waals surface area contributed by atoms with Crippen LogP contribution < -0.4 is 5.56 Å². The third-order valence-corrected chi connectivity index (χ3v) is 6.81. The minimum absolute atomic E-state index is 0.109. The van der Waals surface area contributed by atoms with Gasteiger partial charge in [-0.15, -0.1) is 0 Å². The van der Waals surface area contributed by atoms with Crippen LogP contribution in [0.5, 0.6) is 0 Å². The molecule has 0 unspecified atom stereocenters. The lowest BCUT2D eigenvalue weighted by Crippen LogP contribution is -2.46. The van der Waals surface area contributed by atoms with Crippen LogP contribution in [0, 0.1) is 5.92 Å². The van der Waals surface area contributed by atoms with Crippen molar-refractivity contribution in [1.29, 1.82) is 0 Å². The second-order valence-corrected chi connectivity index (χ2v) is 9.04. The number of aromatic nitrogens is 2. The van der Waals surface area contributed by atoms with Crippen LogP contribution in [0.15, 0.2) is 10.9 Å². The van der Waals surface area contributed by atoms with Gasteiger partial charge in [0.15, 0.2) is 0 Å². The predicted molar refractivity (Wildman–Crippen MR) is 109 cm³/mol. The van der Waals surface area contributed by atoms with Crippen molar-refractivity contribution in [3.8, 4) is 0 Å². The van der Waals surface area contributed by atoms with Crippen molar-refractivity contribution >= 4 is 5.91 Å². The third kappa shape index (κ3) is 4.48. The average molecular weight is 387 g/mol. The highest BCUT2D eigenvalue weighted by Gasteiger charge is 2.27. The number of hydrogen-bond acceptors (Lipinski definition) is 4. The monoisotopic (exact) mass is 386 g/mol. The van der Waals surface area contributed by atoms with E-state index in [0.717, 1.165) is 95.1 Å². The molecule has 0 bridgehead atoms. The zero-order chi connectivity index (χ0) is 19.5. The molecule has 1 aromatic heterocycles. The van der Waals surface area contributed by atoms with Crippen LogP contribution in [0.3, 0.4) is 0 Å². The number of carbonyl (C=O) groups excluding carboxylic acids is 1. The molecule has 4 rings (SSSR count). The van der Waals surface area contributed by atoms with E-state index < -0.39 is 0 Å². The zero-order valence-corrected chi connectivity index (χ0v) is 17.2. The van der Waals surface area contributed by atoms with Crippen LogP contribution in [0.2, 0.25) is 0 Å². The van der Waals surface area contributed by atoms with Gasteiger partial charge >= 0.3 is 0 Å². The first-order chi connectivity index (χ1) is 13.6. The summed E-state index contributed by atoms with van der Waals surface area (Å²) in [5.41, 5.74) is 1.06. The number of aryl methyl sites for hydroxylation is 1. The first-order valence-corrected chi connectivity index (χ1v) is 11.2. The number of amides is 1. The second-order valence-electron chi connectivity index (χ2n) is 9.04. The molecule has 2 fully saturated rings. The summed E-state index contributed by atoms with van der Waals surface area (Å²) in [6.07, 6.45) is 8.64. The smallest absolute Gasteiger partial charge is 0.253 e. The number of piperidine rings is 2. The van der Waals surface area contributed by atoms with Crippen molar-refractivity contribution in [3.63, 3.8) is 0 Å². The molecule has 3 aliphatic heterocycles. The van der Waals surface area contributed by atoms with Gasteiger partial charge in [-0.2, -0.15) is 0 Å².